The lowest BCUT2D eigenvalue weighted by Crippen LogP contribution is -2.18. The summed E-state index contributed by atoms with van der Waals surface area (Å²) in [6.45, 7) is 9.15. The van der Waals surface area contributed by atoms with Gasteiger partial charge in [-0.1, -0.05) is 13.8 Å². The molecule has 0 saturated heterocycles. The normalized spacial score (nSPS) is 11.4. The number of hydrogen-bond acceptors (Lipinski definition) is 4. The smallest absolute Gasteiger partial charge is 0.0962 e. The Bertz CT molecular complexity index is 321. The number of methoxy groups -OCH3 is 1. The number of thiazole rings is 1. The van der Waals surface area contributed by atoms with Crippen LogP contribution in [0.25, 0.3) is 0 Å². The van der Waals surface area contributed by atoms with E-state index in [1.807, 2.05) is 11.3 Å². The van der Waals surface area contributed by atoms with Gasteiger partial charge in [0.25, 0.3) is 0 Å². The van der Waals surface area contributed by atoms with Crippen LogP contribution >= 0.6 is 11.3 Å². The zero-order valence-corrected chi connectivity index (χ0v) is 12.2. The summed E-state index contributed by atoms with van der Waals surface area (Å²) < 4.78 is 5.01. The van der Waals surface area contributed by atoms with E-state index in [0.29, 0.717) is 5.92 Å². The van der Waals surface area contributed by atoms with E-state index in [9.17, 15) is 0 Å². The molecule has 1 rings (SSSR count). The number of nitrogens with one attached hydrogen (secondary N) is 1. The van der Waals surface area contributed by atoms with Gasteiger partial charge < -0.3 is 10.1 Å². The number of rotatable bonds is 8. The topological polar surface area (TPSA) is 34.2 Å². The molecule has 0 spiro atoms. The molecule has 0 aliphatic heterocycles. The fourth-order valence-corrected chi connectivity index (χ4v) is 3.11. The van der Waals surface area contributed by atoms with Crippen LogP contribution in [-0.4, -0.2) is 25.2 Å². The Hall–Kier alpha value is -0.450. The zero-order chi connectivity index (χ0) is 12.7. The summed E-state index contributed by atoms with van der Waals surface area (Å²) in [7, 11) is 1.73. The number of aromatic nitrogens is 1. The molecule has 1 aromatic rings. The minimum atomic E-state index is 0.631. The molecule has 0 amide bonds. The average Bonchev–Trinajstić information content (AvgIpc) is 2.68. The van der Waals surface area contributed by atoms with Crippen LogP contribution in [0.2, 0.25) is 0 Å². The first kappa shape index (κ1) is 14.6. The highest BCUT2D eigenvalue weighted by Gasteiger charge is 2.14. The molecule has 1 heterocycles. The van der Waals surface area contributed by atoms with E-state index in [4.69, 9.17) is 9.72 Å². The van der Waals surface area contributed by atoms with Crippen LogP contribution in [0, 0.1) is 6.92 Å². The molecule has 3 nitrogen and oxygen atoms in total. The number of nitrogens with zero attached hydrogens (tertiary/aromatic N) is 1. The summed E-state index contributed by atoms with van der Waals surface area (Å²) in [6.07, 6.45) is 2.36. The Morgan fingerprint density at radius 3 is 2.65 bits per heavy atom. The molecular weight excluding hydrogens is 232 g/mol. The second kappa shape index (κ2) is 7.80. The number of aryl methyl sites for hydroxylation is 1. The summed E-state index contributed by atoms with van der Waals surface area (Å²) in [5.74, 6) is 0.631. The maximum atomic E-state index is 5.01. The van der Waals surface area contributed by atoms with Gasteiger partial charge in [0, 0.05) is 31.0 Å². The molecule has 17 heavy (non-hydrogen) atoms. The van der Waals surface area contributed by atoms with E-state index < -0.39 is 0 Å². The molecule has 0 aliphatic rings. The summed E-state index contributed by atoms with van der Waals surface area (Å²) in [5, 5.41) is 4.68. The number of hydrogen-bond donors (Lipinski definition) is 1. The molecule has 1 aromatic heterocycles. The van der Waals surface area contributed by atoms with E-state index in [2.05, 4.69) is 26.1 Å². The van der Waals surface area contributed by atoms with E-state index >= 15 is 0 Å². The van der Waals surface area contributed by atoms with Gasteiger partial charge in [0.2, 0.25) is 0 Å². The van der Waals surface area contributed by atoms with Gasteiger partial charge in [-0.2, -0.15) is 0 Å². The van der Waals surface area contributed by atoms with Crippen molar-refractivity contribution in [1.82, 2.24) is 10.3 Å². The number of ether oxygens (including phenoxy) is 1. The first-order valence-electron chi connectivity index (χ1n) is 6.38. The first-order valence-corrected chi connectivity index (χ1v) is 7.20. The SMILES string of the molecule is CCC(CC)c1nc(C)c(CNCCOC)s1. The second-order valence-corrected chi connectivity index (χ2v) is 5.36. The fourth-order valence-electron chi connectivity index (χ4n) is 1.80. The standard InChI is InChI=1S/C13H24N2OS/c1-5-11(6-2)13-15-10(3)12(17-13)9-14-7-8-16-4/h11,14H,5-9H2,1-4H3. The van der Waals surface area contributed by atoms with Gasteiger partial charge in [0.05, 0.1) is 17.3 Å². The van der Waals surface area contributed by atoms with E-state index in [1.54, 1.807) is 7.11 Å². The van der Waals surface area contributed by atoms with E-state index in [0.717, 1.165) is 19.7 Å². The molecule has 0 unspecified atom stereocenters. The van der Waals surface area contributed by atoms with Gasteiger partial charge in [-0.15, -0.1) is 11.3 Å². The molecule has 0 fully saturated rings. The maximum Gasteiger partial charge on any atom is 0.0962 e. The summed E-state index contributed by atoms with van der Waals surface area (Å²) in [5.41, 5.74) is 1.18. The van der Waals surface area contributed by atoms with Crippen LogP contribution in [-0.2, 0) is 11.3 Å². The van der Waals surface area contributed by atoms with Gasteiger partial charge >= 0.3 is 0 Å². The van der Waals surface area contributed by atoms with E-state index in [1.165, 1.54) is 28.4 Å². The summed E-state index contributed by atoms with van der Waals surface area (Å²) >= 11 is 1.86. The van der Waals surface area contributed by atoms with Crippen molar-refractivity contribution in [2.75, 3.05) is 20.3 Å². The highest BCUT2D eigenvalue weighted by Crippen LogP contribution is 2.29. The molecule has 98 valence electrons. The fraction of sp³-hybridized carbons (Fsp3) is 0.769. The van der Waals surface area contributed by atoms with Crippen molar-refractivity contribution >= 4 is 11.3 Å². The van der Waals surface area contributed by atoms with Crippen LogP contribution in [0.3, 0.4) is 0 Å². The lowest BCUT2D eigenvalue weighted by molar-refractivity contribution is 0.199. The van der Waals surface area contributed by atoms with Crippen LogP contribution in [0.5, 0.6) is 0 Å². The van der Waals surface area contributed by atoms with Crippen molar-refractivity contribution in [3.05, 3.63) is 15.6 Å². The van der Waals surface area contributed by atoms with Crippen LogP contribution in [0.4, 0.5) is 0 Å². The lowest BCUT2D eigenvalue weighted by Gasteiger charge is -2.07. The predicted octanol–water partition coefficient (Wildman–Crippen LogP) is 3.09. The van der Waals surface area contributed by atoms with Crippen molar-refractivity contribution in [3.8, 4) is 0 Å². The first-order chi connectivity index (χ1) is 8.22. The molecule has 4 heteroatoms. The van der Waals surface area contributed by atoms with Crippen molar-refractivity contribution in [1.29, 1.82) is 0 Å². The van der Waals surface area contributed by atoms with Gasteiger partial charge in [-0.3, -0.25) is 0 Å². The molecule has 0 aliphatic carbocycles. The van der Waals surface area contributed by atoms with Crippen LogP contribution < -0.4 is 5.32 Å². The highest BCUT2D eigenvalue weighted by molar-refractivity contribution is 7.11. The van der Waals surface area contributed by atoms with Gasteiger partial charge in [-0.25, -0.2) is 4.98 Å². The quantitative estimate of drug-likeness (QED) is 0.726. The third kappa shape index (κ3) is 4.37. The molecule has 0 saturated carbocycles. The van der Waals surface area contributed by atoms with E-state index in [-0.39, 0.29) is 0 Å². The molecule has 0 radical (unpaired) electrons. The molecule has 0 aromatic carbocycles. The van der Waals surface area contributed by atoms with Gasteiger partial charge in [0.1, 0.15) is 0 Å². The zero-order valence-electron chi connectivity index (χ0n) is 11.4. The van der Waals surface area contributed by atoms with Crippen LogP contribution in [0.1, 0.15) is 48.2 Å². The Morgan fingerprint density at radius 1 is 1.35 bits per heavy atom. The average molecular weight is 256 g/mol. The van der Waals surface area contributed by atoms with Crippen molar-refractivity contribution in [2.24, 2.45) is 0 Å². The molecular formula is C13H24N2OS. The highest BCUT2D eigenvalue weighted by atomic mass is 32.1. The summed E-state index contributed by atoms with van der Waals surface area (Å²) in [6, 6.07) is 0. The summed E-state index contributed by atoms with van der Waals surface area (Å²) in [4.78, 5) is 6.06. The molecule has 0 bridgehead atoms. The predicted molar refractivity (Wildman–Crippen MR) is 73.8 cm³/mol. The Morgan fingerprint density at radius 2 is 2.06 bits per heavy atom. The maximum absolute atomic E-state index is 5.01. The van der Waals surface area contributed by atoms with Gasteiger partial charge in [-0.05, 0) is 19.8 Å². The van der Waals surface area contributed by atoms with Gasteiger partial charge in [0.15, 0.2) is 0 Å². The van der Waals surface area contributed by atoms with Crippen molar-refractivity contribution in [2.45, 2.75) is 46.1 Å². The minimum absolute atomic E-state index is 0.631. The second-order valence-electron chi connectivity index (χ2n) is 4.24. The van der Waals surface area contributed by atoms with Crippen molar-refractivity contribution < 1.29 is 4.74 Å². The molecule has 0 atom stereocenters. The third-order valence-electron chi connectivity index (χ3n) is 3.01. The Balaban J connectivity index is 2.55. The lowest BCUT2D eigenvalue weighted by atomic mass is 10.1. The Labute approximate surface area is 109 Å². The third-order valence-corrected chi connectivity index (χ3v) is 4.33. The van der Waals surface area contributed by atoms with Crippen molar-refractivity contribution in [3.63, 3.8) is 0 Å². The minimum Gasteiger partial charge on any atom is -0.383 e. The molecule has 1 N–H and O–H groups in total. The monoisotopic (exact) mass is 256 g/mol. The van der Waals surface area contributed by atoms with Crippen LogP contribution in [0.15, 0.2) is 0 Å². The Kier molecular flexibility index (Phi) is 6.70. The largest absolute Gasteiger partial charge is 0.383 e.